The van der Waals surface area contributed by atoms with Crippen LogP contribution in [0.25, 0.3) is 0 Å². The first kappa shape index (κ1) is 19.5. The molecule has 0 aliphatic heterocycles. The van der Waals surface area contributed by atoms with E-state index in [1.165, 1.54) is 18.7 Å². The topological polar surface area (TPSA) is 102 Å². The van der Waals surface area contributed by atoms with Crippen molar-refractivity contribution in [3.63, 3.8) is 0 Å². The van der Waals surface area contributed by atoms with Crippen molar-refractivity contribution in [2.45, 2.75) is 20.4 Å². The molecule has 9 heteroatoms. The summed E-state index contributed by atoms with van der Waals surface area (Å²) in [6, 6.07) is 3.52. The Kier molecular flexibility index (Phi) is 6.05. The molecule has 1 N–H and O–H groups in total. The maximum absolute atomic E-state index is 12.1. The Morgan fingerprint density at radius 2 is 2.04 bits per heavy atom. The van der Waals surface area contributed by atoms with Crippen LogP contribution in [0.3, 0.4) is 0 Å². The molecule has 0 fully saturated rings. The molecule has 0 atom stereocenters. The van der Waals surface area contributed by atoms with Gasteiger partial charge in [-0.2, -0.15) is 5.26 Å². The molecule has 2 heterocycles. The second-order valence-electron chi connectivity index (χ2n) is 6.23. The van der Waals surface area contributed by atoms with Gasteiger partial charge >= 0.3 is 5.69 Å². The highest BCUT2D eigenvalue weighted by Gasteiger charge is 2.15. The zero-order valence-electron chi connectivity index (χ0n) is 15.0. The number of nitriles is 1. The minimum atomic E-state index is -0.647. The molecule has 0 aliphatic carbocycles. The van der Waals surface area contributed by atoms with E-state index in [4.69, 9.17) is 16.3 Å². The zero-order chi connectivity index (χ0) is 19.4. The first-order chi connectivity index (χ1) is 12.3. The van der Waals surface area contributed by atoms with Gasteiger partial charge in [0.1, 0.15) is 16.9 Å². The number of hydrogen-bond acceptors (Lipinski definition) is 6. The summed E-state index contributed by atoms with van der Waals surface area (Å²) in [5.74, 6) is 0.847. The largest absolute Gasteiger partial charge is 0.476 e. The number of pyridine rings is 1. The summed E-state index contributed by atoms with van der Waals surface area (Å²) in [7, 11) is 2.81. The standard InChI is InChI=1S/C17H20ClN5O3/c1-10(2)9-26-15-13(18)5-11(8-21-15)7-20-14-12(6-19)16(24)23(4)17(25)22(14)3/h5,8,10,20H,7,9H2,1-4H3. The lowest BCUT2D eigenvalue weighted by atomic mass is 10.2. The average Bonchev–Trinajstić information content (AvgIpc) is 2.60. The molecule has 138 valence electrons. The van der Waals surface area contributed by atoms with Gasteiger partial charge in [0.25, 0.3) is 5.56 Å². The van der Waals surface area contributed by atoms with Crippen LogP contribution in [0.5, 0.6) is 5.88 Å². The normalized spacial score (nSPS) is 10.7. The van der Waals surface area contributed by atoms with E-state index in [-0.39, 0.29) is 17.9 Å². The van der Waals surface area contributed by atoms with Gasteiger partial charge in [0.05, 0.1) is 6.61 Å². The van der Waals surface area contributed by atoms with Gasteiger partial charge in [0.15, 0.2) is 5.56 Å². The lowest BCUT2D eigenvalue weighted by Gasteiger charge is -2.14. The van der Waals surface area contributed by atoms with Crippen molar-refractivity contribution < 1.29 is 4.74 Å². The Bertz CT molecular complexity index is 972. The van der Waals surface area contributed by atoms with E-state index < -0.39 is 11.2 Å². The highest BCUT2D eigenvalue weighted by molar-refractivity contribution is 6.31. The molecule has 2 rings (SSSR count). The third kappa shape index (κ3) is 4.06. The Morgan fingerprint density at radius 1 is 1.35 bits per heavy atom. The molecule has 0 aromatic carbocycles. The van der Waals surface area contributed by atoms with Crippen LogP contribution in [0, 0.1) is 17.2 Å². The van der Waals surface area contributed by atoms with Gasteiger partial charge in [-0.1, -0.05) is 25.4 Å². The van der Waals surface area contributed by atoms with Gasteiger partial charge in [0, 0.05) is 26.8 Å². The number of hydrogen-bond donors (Lipinski definition) is 1. The van der Waals surface area contributed by atoms with E-state index in [0.29, 0.717) is 29.0 Å². The van der Waals surface area contributed by atoms with Crippen LogP contribution in [0.4, 0.5) is 5.82 Å². The van der Waals surface area contributed by atoms with Crippen LogP contribution in [0.1, 0.15) is 25.0 Å². The van der Waals surface area contributed by atoms with Gasteiger partial charge in [0.2, 0.25) is 5.88 Å². The van der Waals surface area contributed by atoms with E-state index in [1.54, 1.807) is 12.3 Å². The highest BCUT2D eigenvalue weighted by Crippen LogP contribution is 2.23. The monoisotopic (exact) mass is 377 g/mol. The Labute approximate surface area is 155 Å². The predicted molar refractivity (Wildman–Crippen MR) is 98.5 cm³/mol. The maximum Gasteiger partial charge on any atom is 0.332 e. The number of aromatic nitrogens is 3. The zero-order valence-corrected chi connectivity index (χ0v) is 15.8. The molecule has 0 aliphatic rings. The third-order valence-corrected chi connectivity index (χ3v) is 3.92. The van der Waals surface area contributed by atoms with Crippen molar-refractivity contribution in [1.82, 2.24) is 14.1 Å². The second kappa shape index (κ2) is 8.06. The summed E-state index contributed by atoms with van der Waals surface area (Å²) in [5, 5.41) is 12.6. The molecule has 8 nitrogen and oxygen atoms in total. The molecule has 0 bridgehead atoms. The van der Waals surface area contributed by atoms with Gasteiger partial charge in [-0.25, -0.2) is 9.78 Å². The van der Waals surface area contributed by atoms with E-state index in [2.05, 4.69) is 10.3 Å². The smallest absolute Gasteiger partial charge is 0.332 e. The summed E-state index contributed by atoms with van der Waals surface area (Å²) >= 11 is 6.18. The molecule has 0 radical (unpaired) electrons. The minimum absolute atomic E-state index is 0.134. The molecule has 0 unspecified atom stereocenters. The van der Waals surface area contributed by atoms with Gasteiger partial charge in [-0.15, -0.1) is 0 Å². The fourth-order valence-electron chi connectivity index (χ4n) is 2.25. The first-order valence-electron chi connectivity index (χ1n) is 7.97. The van der Waals surface area contributed by atoms with Crippen molar-refractivity contribution in [2.24, 2.45) is 20.0 Å². The molecular weight excluding hydrogens is 358 g/mol. The quantitative estimate of drug-likeness (QED) is 0.821. The number of ether oxygens (including phenoxy) is 1. The van der Waals surface area contributed by atoms with Crippen LogP contribution in [-0.4, -0.2) is 20.7 Å². The number of nitrogens with zero attached hydrogens (tertiary/aromatic N) is 4. The van der Waals surface area contributed by atoms with Crippen LogP contribution >= 0.6 is 11.6 Å². The average molecular weight is 378 g/mol. The van der Waals surface area contributed by atoms with Crippen molar-refractivity contribution in [1.29, 1.82) is 5.26 Å². The lowest BCUT2D eigenvalue weighted by Crippen LogP contribution is -2.39. The van der Waals surface area contributed by atoms with Crippen molar-refractivity contribution >= 4 is 17.4 Å². The van der Waals surface area contributed by atoms with Crippen molar-refractivity contribution in [3.05, 3.63) is 49.3 Å². The summed E-state index contributed by atoms with van der Waals surface area (Å²) in [6.07, 6.45) is 1.58. The van der Waals surface area contributed by atoms with E-state index in [0.717, 1.165) is 4.57 Å². The van der Waals surface area contributed by atoms with Crippen molar-refractivity contribution in [2.75, 3.05) is 11.9 Å². The maximum atomic E-state index is 12.1. The third-order valence-electron chi connectivity index (χ3n) is 3.65. The molecule has 26 heavy (non-hydrogen) atoms. The number of anilines is 1. The summed E-state index contributed by atoms with van der Waals surface area (Å²) in [4.78, 5) is 28.3. The van der Waals surface area contributed by atoms with Gasteiger partial charge in [-0.3, -0.25) is 13.9 Å². The fraction of sp³-hybridized carbons (Fsp3) is 0.412. The van der Waals surface area contributed by atoms with Crippen molar-refractivity contribution in [3.8, 4) is 11.9 Å². The van der Waals surface area contributed by atoms with Crippen LogP contribution in [0.15, 0.2) is 21.9 Å². The summed E-state index contributed by atoms with van der Waals surface area (Å²) in [5.41, 5.74) is -0.591. The number of halogens is 1. The Balaban J connectivity index is 2.25. The first-order valence-corrected chi connectivity index (χ1v) is 8.35. The number of rotatable bonds is 6. The van der Waals surface area contributed by atoms with Crippen LogP contribution in [0.2, 0.25) is 5.02 Å². The molecule has 2 aromatic heterocycles. The van der Waals surface area contributed by atoms with Crippen LogP contribution < -0.4 is 21.3 Å². The van der Waals surface area contributed by atoms with E-state index in [9.17, 15) is 14.9 Å². The molecular formula is C17H20ClN5O3. The van der Waals surface area contributed by atoms with Gasteiger partial charge < -0.3 is 10.1 Å². The lowest BCUT2D eigenvalue weighted by molar-refractivity contribution is 0.261. The molecule has 0 spiro atoms. The predicted octanol–water partition coefficient (Wildman–Crippen LogP) is 1.65. The van der Waals surface area contributed by atoms with Crippen LogP contribution in [-0.2, 0) is 20.6 Å². The molecule has 0 amide bonds. The molecule has 0 saturated carbocycles. The van der Waals surface area contributed by atoms with Gasteiger partial charge in [-0.05, 0) is 17.5 Å². The highest BCUT2D eigenvalue weighted by atomic mass is 35.5. The summed E-state index contributed by atoms with van der Waals surface area (Å²) in [6.45, 7) is 4.78. The molecule has 2 aromatic rings. The Hall–Kier alpha value is -2.79. The van der Waals surface area contributed by atoms with E-state index in [1.807, 2.05) is 19.9 Å². The fourth-order valence-corrected chi connectivity index (χ4v) is 2.49. The SMILES string of the molecule is CC(C)COc1ncc(CNc2c(C#N)c(=O)n(C)c(=O)n2C)cc1Cl. The number of nitrogens with one attached hydrogen (secondary N) is 1. The summed E-state index contributed by atoms with van der Waals surface area (Å²) < 4.78 is 7.63. The van der Waals surface area contributed by atoms with E-state index >= 15 is 0 Å². The second-order valence-corrected chi connectivity index (χ2v) is 6.64. The minimum Gasteiger partial charge on any atom is -0.476 e. The Morgan fingerprint density at radius 3 is 2.62 bits per heavy atom. The molecule has 0 saturated heterocycles.